The lowest BCUT2D eigenvalue weighted by atomic mass is 10.2. The third-order valence-electron chi connectivity index (χ3n) is 4.39. The summed E-state index contributed by atoms with van der Waals surface area (Å²) in [5.41, 5.74) is 0.994. The van der Waals surface area contributed by atoms with Gasteiger partial charge in [0.1, 0.15) is 5.39 Å². The molecule has 2 aromatic heterocycles. The fourth-order valence-corrected chi connectivity index (χ4v) is 3.14. The summed E-state index contributed by atoms with van der Waals surface area (Å²) >= 11 is 0. The van der Waals surface area contributed by atoms with Gasteiger partial charge in [0.05, 0.1) is 5.52 Å². The lowest BCUT2D eigenvalue weighted by Crippen LogP contribution is -2.23. The lowest BCUT2D eigenvalue weighted by Gasteiger charge is -2.12. The van der Waals surface area contributed by atoms with Crippen molar-refractivity contribution >= 4 is 16.9 Å². The third kappa shape index (κ3) is 3.35. The summed E-state index contributed by atoms with van der Waals surface area (Å²) in [5, 5.41) is 9.25. The van der Waals surface area contributed by atoms with Gasteiger partial charge in [-0.1, -0.05) is 17.7 Å². The van der Waals surface area contributed by atoms with Crippen molar-refractivity contribution in [2.75, 3.05) is 6.61 Å². The summed E-state index contributed by atoms with van der Waals surface area (Å²) in [5.74, 6) is -2.08. The number of nitrogens with zero attached hydrogens (tertiary/aromatic N) is 2. The van der Waals surface area contributed by atoms with E-state index in [4.69, 9.17) is 4.74 Å². The maximum Gasteiger partial charge on any atom is 0.422 e. The van der Waals surface area contributed by atoms with Crippen LogP contribution in [-0.2, 0) is 7.05 Å². The van der Waals surface area contributed by atoms with Crippen LogP contribution in [0.1, 0.15) is 21.7 Å². The minimum Gasteiger partial charge on any atom is -0.481 e. The molecule has 0 spiro atoms. The molecule has 0 radical (unpaired) electrons. The van der Waals surface area contributed by atoms with E-state index in [2.05, 4.69) is 0 Å². The minimum absolute atomic E-state index is 0.181. The van der Waals surface area contributed by atoms with E-state index in [1.807, 2.05) is 6.92 Å². The Balaban J connectivity index is 2.35. The number of ether oxygens (including phenoxy) is 1. The molecule has 0 unspecified atom stereocenters. The number of hydrogen-bond acceptors (Lipinski definition) is 3. The topological polar surface area (TPSA) is 73.5 Å². The van der Waals surface area contributed by atoms with Crippen LogP contribution in [0.4, 0.5) is 13.2 Å². The Bertz CT molecular complexity index is 1130. The molecule has 9 heteroatoms. The SMILES string of the molecule is Cc1ccc(-n2c(C)cc3c(c(OCC(F)(F)F)c(C(=O)O)n3C)c2=O)cc1. The van der Waals surface area contributed by atoms with Crippen LogP contribution in [-0.4, -0.2) is 33.0 Å². The van der Waals surface area contributed by atoms with Crippen molar-refractivity contribution in [2.45, 2.75) is 20.0 Å². The second-order valence-corrected chi connectivity index (χ2v) is 6.47. The predicted molar refractivity (Wildman–Crippen MR) is 96.5 cm³/mol. The summed E-state index contributed by atoms with van der Waals surface area (Å²) in [6.07, 6.45) is -4.68. The van der Waals surface area contributed by atoms with Crippen LogP contribution in [0.3, 0.4) is 0 Å². The lowest BCUT2D eigenvalue weighted by molar-refractivity contribution is -0.153. The maximum absolute atomic E-state index is 13.2. The predicted octanol–water partition coefficient (Wildman–Crippen LogP) is 3.59. The number of aromatic nitrogens is 2. The molecule has 0 amide bonds. The van der Waals surface area contributed by atoms with Gasteiger partial charge in [-0.2, -0.15) is 13.2 Å². The number of pyridine rings is 1. The van der Waals surface area contributed by atoms with Gasteiger partial charge in [-0.3, -0.25) is 9.36 Å². The number of fused-ring (bicyclic) bond motifs is 1. The number of rotatable bonds is 4. The Morgan fingerprint density at radius 2 is 1.79 bits per heavy atom. The zero-order chi connectivity index (χ0) is 20.8. The first-order valence-electron chi connectivity index (χ1n) is 8.26. The summed E-state index contributed by atoms with van der Waals surface area (Å²) in [6, 6.07) is 8.53. The van der Waals surface area contributed by atoms with E-state index < -0.39 is 35.8 Å². The first kappa shape index (κ1) is 19.5. The monoisotopic (exact) mass is 394 g/mol. The molecule has 1 N–H and O–H groups in total. The number of carboxylic acid groups (broad SMARTS) is 1. The first-order valence-corrected chi connectivity index (χ1v) is 8.26. The van der Waals surface area contributed by atoms with Gasteiger partial charge >= 0.3 is 12.1 Å². The Morgan fingerprint density at radius 3 is 2.32 bits per heavy atom. The van der Waals surface area contributed by atoms with Crippen molar-refractivity contribution in [3.05, 3.63) is 57.6 Å². The molecular weight excluding hydrogens is 377 g/mol. The van der Waals surface area contributed by atoms with Crippen molar-refractivity contribution in [3.63, 3.8) is 0 Å². The molecule has 0 aliphatic rings. The Labute approximate surface area is 157 Å². The van der Waals surface area contributed by atoms with Crippen molar-refractivity contribution < 1.29 is 27.8 Å². The van der Waals surface area contributed by atoms with Gasteiger partial charge in [0.25, 0.3) is 5.56 Å². The van der Waals surface area contributed by atoms with Crippen molar-refractivity contribution in [2.24, 2.45) is 7.05 Å². The van der Waals surface area contributed by atoms with Crippen LogP contribution in [0.15, 0.2) is 35.1 Å². The van der Waals surface area contributed by atoms with E-state index >= 15 is 0 Å². The number of carboxylic acids is 1. The van der Waals surface area contributed by atoms with E-state index in [1.165, 1.54) is 11.6 Å². The molecule has 0 fully saturated rings. The Hall–Kier alpha value is -3.23. The highest BCUT2D eigenvalue weighted by molar-refractivity contribution is 6.00. The highest BCUT2D eigenvalue weighted by Crippen LogP contribution is 2.32. The molecule has 0 atom stereocenters. The summed E-state index contributed by atoms with van der Waals surface area (Å²) in [6.45, 7) is 1.83. The standard InChI is InChI=1S/C19H17F3N2O4/c1-10-4-6-12(7-5-10)24-11(2)8-13-14(17(24)25)16(28-9-19(20,21)22)15(18(26)27)23(13)3/h4-8H,9H2,1-3H3,(H,26,27). The average Bonchev–Trinajstić information content (AvgIpc) is 2.86. The molecule has 0 bridgehead atoms. The summed E-state index contributed by atoms with van der Waals surface area (Å²) in [7, 11) is 1.36. The number of alkyl halides is 3. The normalized spacial score (nSPS) is 11.8. The maximum atomic E-state index is 13.2. The van der Waals surface area contributed by atoms with Gasteiger partial charge in [0, 0.05) is 18.4 Å². The highest BCUT2D eigenvalue weighted by Gasteiger charge is 2.32. The second kappa shape index (κ2) is 6.74. The third-order valence-corrected chi connectivity index (χ3v) is 4.39. The molecule has 1 aromatic carbocycles. The Kier molecular flexibility index (Phi) is 4.70. The Morgan fingerprint density at radius 1 is 1.18 bits per heavy atom. The van der Waals surface area contributed by atoms with Crippen LogP contribution in [0.5, 0.6) is 5.75 Å². The van der Waals surface area contributed by atoms with Gasteiger partial charge in [-0.25, -0.2) is 4.79 Å². The smallest absolute Gasteiger partial charge is 0.422 e. The molecule has 6 nitrogen and oxygen atoms in total. The van der Waals surface area contributed by atoms with Crippen LogP contribution in [0.25, 0.3) is 16.6 Å². The molecule has 0 aliphatic heterocycles. The molecule has 0 saturated carbocycles. The fourth-order valence-electron chi connectivity index (χ4n) is 3.14. The quantitative estimate of drug-likeness (QED) is 0.734. The number of carbonyl (C=O) groups is 1. The van der Waals surface area contributed by atoms with E-state index in [1.54, 1.807) is 37.3 Å². The minimum atomic E-state index is -4.68. The van der Waals surface area contributed by atoms with Crippen LogP contribution >= 0.6 is 0 Å². The van der Waals surface area contributed by atoms with E-state index in [0.717, 1.165) is 10.1 Å². The van der Waals surface area contributed by atoms with Gasteiger partial charge in [-0.05, 0) is 32.0 Å². The molecular formula is C19H17F3N2O4. The van der Waals surface area contributed by atoms with E-state index in [0.29, 0.717) is 11.4 Å². The molecule has 3 rings (SSSR count). The van der Waals surface area contributed by atoms with Crippen LogP contribution in [0.2, 0.25) is 0 Å². The number of benzene rings is 1. The summed E-state index contributed by atoms with van der Waals surface area (Å²) < 4.78 is 45.2. The number of aryl methyl sites for hydroxylation is 3. The molecule has 28 heavy (non-hydrogen) atoms. The van der Waals surface area contributed by atoms with Gasteiger partial charge < -0.3 is 14.4 Å². The van der Waals surface area contributed by atoms with Gasteiger partial charge in [-0.15, -0.1) is 0 Å². The van der Waals surface area contributed by atoms with E-state index in [9.17, 15) is 27.9 Å². The van der Waals surface area contributed by atoms with Crippen molar-refractivity contribution in [3.8, 4) is 11.4 Å². The number of aromatic carboxylic acids is 1. The zero-order valence-corrected chi connectivity index (χ0v) is 15.3. The van der Waals surface area contributed by atoms with Crippen molar-refractivity contribution in [1.82, 2.24) is 9.13 Å². The van der Waals surface area contributed by atoms with Gasteiger partial charge in [0.15, 0.2) is 18.1 Å². The number of hydrogen-bond donors (Lipinski definition) is 1. The van der Waals surface area contributed by atoms with Crippen LogP contribution in [0, 0.1) is 13.8 Å². The zero-order valence-electron chi connectivity index (χ0n) is 15.3. The fraction of sp³-hybridized carbons (Fsp3) is 0.263. The number of halogens is 3. The largest absolute Gasteiger partial charge is 0.481 e. The van der Waals surface area contributed by atoms with E-state index in [-0.39, 0.29) is 10.9 Å². The molecule has 148 valence electrons. The molecule has 0 saturated heterocycles. The second-order valence-electron chi connectivity index (χ2n) is 6.47. The van der Waals surface area contributed by atoms with Crippen molar-refractivity contribution in [1.29, 1.82) is 0 Å². The molecule has 2 heterocycles. The average molecular weight is 394 g/mol. The van der Waals surface area contributed by atoms with Gasteiger partial charge in [0.2, 0.25) is 0 Å². The first-order chi connectivity index (χ1) is 13.0. The highest BCUT2D eigenvalue weighted by atomic mass is 19.4. The summed E-state index contributed by atoms with van der Waals surface area (Å²) in [4.78, 5) is 24.8. The molecule has 3 aromatic rings. The molecule has 0 aliphatic carbocycles. The van der Waals surface area contributed by atoms with Crippen LogP contribution < -0.4 is 10.3 Å².